The van der Waals surface area contributed by atoms with Crippen molar-refractivity contribution in [1.82, 2.24) is 4.90 Å². The molecule has 0 bridgehead atoms. The minimum Gasteiger partial charge on any atom is -0.303 e. The SMILES string of the molecule is C#CCC(C)(CC=C)CN(CC)CC. The second-order valence-electron chi connectivity index (χ2n) is 4.15. The second kappa shape index (κ2) is 6.68. The average molecular weight is 193 g/mol. The summed E-state index contributed by atoms with van der Waals surface area (Å²) in [6.45, 7) is 13.7. The summed E-state index contributed by atoms with van der Waals surface area (Å²) < 4.78 is 0. The molecule has 1 nitrogen and oxygen atoms in total. The molecule has 1 heteroatoms. The fourth-order valence-electron chi connectivity index (χ4n) is 1.77. The molecule has 1 unspecified atom stereocenters. The molecule has 0 aliphatic carbocycles. The van der Waals surface area contributed by atoms with E-state index in [2.05, 4.69) is 38.2 Å². The molecule has 0 fully saturated rings. The van der Waals surface area contributed by atoms with Gasteiger partial charge >= 0.3 is 0 Å². The van der Waals surface area contributed by atoms with Crippen molar-refractivity contribution in [2.24, 2.45) is 5.41 Å². The van der Waals surface area contributed by atoms with E-state index in [0.29, 0.717) is 0 Å². The Balaban J connectivity index is 4.34. The highest BCUT2D eigenvalue weighted by Crippen LogP contribution is 2.27. The minimum atomic E-state index is 0.197. The van der Waals surface area contributed by atoms with E-state index in [4.69, 9.17) is 6.42 Å². The van der Waals surface area contributed by atoms with Gasteiger partial charge in [-0.1, -0.05) is 26.8 Å². The second-order valence-corrected chi connectivity index (χ2v) is 4.15. The summed E-state index contributed by atoms with van der Waals surface area (Å²) in [6.07, 6.45) is 9.20. The Kier molecular flexibility index (Phi) is 6.32. The van der Waals surface area contributed by atoms with Gasteiger partial charge in [0.25, 0.3) is 0 Å². The van der Waals surface area contributed by atoms with Crippen LogP contribution in [0.3, 0.4) is 0 Å². The lowest BCUT2D eigenvalue weighted by molar-refractivity contribution is 0.181. The van der Waals surface area contributed by atoms with Crippen LogP contribution in [-0.2, 0) is 0 Å². The Labute approximate surface area is 89.2 Å². The van der Waals surface area contributed by atoms with E-state index in [1.54, 1.807) is 0 Å². The molecule has 0 saturated carbocycles. The third-order valence-corrected chi connectivity index (χ3v) is 2.67. The topological polar surface area (TPSA) is 3.24 Å². The molecule has 0 saturated heterocycles. The monoisotopic (exact) mass is 193 g/mol. The highest BCUT2D eigenvalue weighted by Gasteiger charge is 2.23. The van der Waals surface area contributed by atoms with Crippen LogP contribution in [0, 0.1) is 17.8 Å². The van der Waals surface area contributed by atoms with Gasteiger partial charge in [-0.2, -0.15) is 0 Å². The van der Waals surface area contributed by atoms with Crippen molar-refractivity contribution in [3.8, 4) is 12.3 Å². The smallest absolute Gasteiger partial charge is 0.0155 e. The molecule has 0 radical (unpaired) electrons. The van der Waals surface area contributed by atoms with E-state index in [1.807, 2.05) is 6.08 Å². The van der Waals surface area contributed by atoms with Crippen LogP contribution in [0.1, 0.15) is 33.6 Å². The van der Waals surface area contributed by atoms with Gasteiger partial charge in [0.1, 0.15) is 0 Å². The van der Waals surface area contributed by atoms with E-state index < -0.39 is 0 Å². The first-order chi connectivity index (χ1) is 6.61. The van der Waals surface area contributed by atoms with Crippen LogP contribution in [0.15, 0.2) is 12.7 Å². The number of terminal acetylenes is 1. The Morgan fingerprint density at radius 2 is 2.00 bits per heavy atom. The maximum atomic E-state index is 5.40. The third-order valence-electron chi connectivity index (χ3n) is 2.67. The van der Waals surface area contributed by atoms with Crippen LogP contribution < -0.4 is 0 Å². The van der Waals surface area contributed by atoms with E-state index in [0.717, 1.165) is 32.5 Å². The zero-order chi connectivity index (χ0) is 11.0. The van der Waals surface area contributed by atoms with Crippen LogP contribution in [-0.4, -0.2) is 24.5 Å². The summed E-state index contributed by atoms with van der Waals surface area (Å²) in [7, 11) is 0. The molecule has 0 aromatic carbocycles. The molecule has 0 heterocycles. The van der Waals surface area contributed by atoms with Crippen LogP contribution in [0.5, 0.6) is 0 Å². The van der Waals surface area contributed by atoms with Gasteiger partial charge in [0.15, 0.2) is 0 Å². The fraction of sp³-hybridized carbons (Fsp3) is 0.692. The van der Waals surface area contributed by atoms with E-state index in [9.17, 15) is 0 Å². The van der Waals surface area contributed by atoms with Crippen LogP contribution >= 0.6 is 0 Å². The summed E-state index contributed by atoms with van der Waals surface area (Å²) in [5.74, 6) is 2.77. The maximum absolute atomic E-state index is 5.40. The first-order valence-corrected chi connectivity index (χ1v) is 5.38. The van der Waals surface area contributed by atoms with Gasteiger partial charge in [-0.15, -0.1) is 18.9 Å². The summed E-state index contributed by atoms with van der Waals surface area (Å²) >= 11 is 0. The Morgan fingerprint density at radius 3 is 2.36 bits per heavy atom. The molecule has 14 heavy (non-hydrogen) atoms. The standard InChI is InChI=1S/C13H23N/c1-6-10-13(5,11-7-2)12-14(8-3)9-4/h1,7H,2,8-12H2,3-5H3. The highest BCUT2D eigenvalue weighted by atomic mass is 15.1. The lowest BCUT2D eigenvalue weighted by atomic mass is 9.83. The summed E-state index contributed by atoms with van der Waals surface area (Å²) in [4.78, 5) is 2.42. The van der Waals surface area contributed by atoms with Gasteiger partial charge in [-0.25, -0.2) is 0 Å². The number of allylic oxidation sites excluding steroid dienone is 1. The maximum Gasteiger partial charge on any atom is 0.0155 e. The van der Waals surface area contributed by atoms with Crippen molar-refractivity contribution in [3.05, 3.63) is 12.7 Å². The molecule has 0 aromatic rings. The minimum absolute atomic E-state index is 0.197. The number of nitrogens with zero attached hydrogens (tertiary/aromatic N) is 1. The molecule has 80 valence electrons. The van der Waals surface area contributed by atoms with Crippen LogP contribution in [0.25, 0.3) is 0 Å². The van der Waals surface area contributed by atoms with Gasteiger partial charge in [-0.05, 0) is 24.9 Å². The highest BCUT2D eigenvalue weighted by molar-refractivity contribution is 4.96. The molecule has 1 atom stereocenters. The molecule has 0 aliphatic heterocycles. The lowest BCUT2D eigenvalue weighted by Gasteiger charge is -2.32. The average Bonchev–Trinajstić information content (AvgIpc) is 2.15. The van der Waals surface area contributed by atoms with Gasteiger partial charge in [-0.3, -0.25) is 0 Å². The Hall–Kier alpha value is -0.740. The molecule has 0 rings (SSSR count). The van der Waals surface area contributed by atoms with Gasteiger partial charge < -0.3 is 4.90 Å². The lowest BCUT2D eigenvalue weighted by Crippen LogP contribution is -2.35. The molecule has 0 N–H and O–H groups in total. The van der Waals surface area contributed by atoms with Crippen molar-refractivity contribution in [3.63, 3.8) is 0 Å². The fourth-order valence-corrected chi connectivity index (χ4v) is 1.77. The van der Waals surface area contributed by atoms with Crippen molar-refractivity contribution < 1.29 is 0 Å². The predicted octanol–water partition coefficient (Wildman–Crippen LogP) is 2.93. The third kappa shape index (κ3) is 4.48. The quantitative estimate of drug-likeness (QED) is 0.444. The number of hydrogen-bond acceptors (Lipinski definition) is 1. The van der Waals surface area contributed by atoms with Crippen molar-refractivity contribution in [2.75, 3.05) is 19.6 Å². The van der Waals surface area contributed by atoms with Gasteiger partial charge in [0.2, 0.25) is 0 Å². The van der Waals surface area contributed by atoms with E-state index >= 15 is 0 Å². The zero-order valence-electron chi connectivity index (χ0n) is 9.84. The first-order valence-electron chi connectivity index (χ1n) is 5.38. The van der Waals surface area contributed by atoms with Gasteiger partial charge in [0, 0.05) is 13.0 Å². The van der Waals surface area contributed by atoms with E-state index in [-0.39, 0.29) is 5.41 Å². The number of rotatable bonds is 7. The normalized spacial score (nSPS) is 14.8. The predicted molar refractivity (Wildman–Crippen MR) is 64.2 cm³/mol. The molecular weight excluding hydrogens is 170 g/mol. The molecule has 0 aliphatic rings. The van der Waals surface area contributed by atoms with Crippen LogP contribution in [0.4, 0.5) is 0 Å². The van der Waals surface area contributed by atoms with Gasteiger partial charge in [0.05, 0.1) is 0 Å². The summed E-state index contributed by atoms with van der Waals surface area (Å²) in [6, 6.07) is 0. The molecule has 0 spiro atoms. The summed E-state index contributed by atoms with van der Waals surface area (Å²) in [5, 5.41) is 0. The molecular formula is C13H23N. The first kappa shape index (κ1) is 13.3. The molecule has 0 aromatic heterocycles. The van der Waals surface area contributed by atoms with Crippen molar-refractivity contribution in [2.45, 2.75) is 33.6 Å². The van der Waals surface area contributed by atoms with Crippen LogP contribution in [0.2, 0.25) is 0 Å². The zero-order valence-corrected chi connectivity index (χ0v) is 9.84. The largest absolute Gasteiger partial charge is 0.303 e. The van der Waals surface area contributed by atoms with Crippen molar-refractivity contribution in [1.29, 1.82) is 0 Å². The molecule has 0 amide bonds. The van der Waals surface area contributed by atoms with Crippen molar-refractivity contribution >= 4 is 0 Å². The number of hydrogen-bond donors (Lipinski definition) is 0. The summed E-state index contributed by atoms with van der Waals surface area (Å²) in [5.41, 5.74) is 0.197. The van der Waals surface area contributed by atoms with E-state index in [1.165, 1.54) is 0 Å². The Morgan fingerprint density at radius 1 is 1.43 bits per heavy atom. The Bertz CT molecular complexity index is 198.